The second-order valence-corrected chi connectivity index (χ2v) is 7.15. The number of aryl methyl sites for hydroxylation is 1. The third-order valence-corrected chi connectivity index (χ3v) is 5.17. The SMILES string of the molecule is COc1ccc(-c2noc(C3(F)CCN(c4nccn5nc(C)cc45)C3)n2)cc1. The summed E-state index contributed by atoms with van der Waals surface area (Å²) in [6.45, 7) is 2.50. The van der Waals surface area contributed by atoms with Gasteiger partial charge in [0.1, 0.15) is 11.3 Å². The molecule has 1 fully saturated rings. The van der Waals surface area contributed by atoms with E-state index in [-0.39, 0.29) is 18.9 Å². The predicted octanol–water partition coefficient (Wildman–Crippen LogP) is 3.17. The molecule has 1 atom stereocenters. The van der Waals surface area contributed by atoms with Crippen LogP contribution in [0.15, 0.2) is 47.2 Å². The van der Waals surface area contributed by atoms with Crippen LogP contribution in [0.4, 0.5) is 10.2 Å². The van der Waals surface area contributed by atoms with E-state index in [1.165, 1.54) is 0 Å². The Labute approximate surface area is 165 Å². The van der Waals surface area contributed by atoms with Gasteiger partial charge in [-0.05, 0) is 37.3 Å². The predicted molar refractivity (Wildman–Crippen MR) is 104 cm³/mol. The minimum Gasteiger partial charge on any atom is -0.497 e. The number of ether oxygens (including phenoxy) is 1. The molecule has 1 unspecified atom stereocenters. The number of halogens is 1. The van der Waals surface area contributed by atoms with E-state index < -0.39 is 5.67 Å². The summed E-state index contributed by atoms with van der Waals surface area (Å²) in [5.74, 6) is 1.76. The molecule has 29 heavy (non-hydrogen) atoms. The number of hydrogen-bond donors (Lipinski definition) is 0. The van der Waals surface area contributed by atoms with Crippen LogP contribution in [0.1, 0.15) is 18.0 Å². The van der Waals surface area contributed by atoms with Crippen molar-refractivity contribution in [2.75, 3.05) is 25.1 Å². The van der Waals surface area contributed by atoms with Gasteiger partial charge in [0.05, 0.1) is 19.3 Å². The number of rotatable bonds is 4. The number of fused-ring (bicyclic) bond motifs is 1. The summed E-state index contributed by atoms with van der Waals surface area (Å²) in [6, 6.07) is 9.16. The molecule has 0 radical (unpaired) electrons. The lowest BCUT2D eigenvalue weighted by atomic mass is 10.1. The van der Waals surface area contributed by atoms with Crippen LogP contribution in [0, 0.1) is 6.92 Å². The lowest BCUT2D eigenvalue weighted by molar-refractivity contribution is 0.136. The quantitative estimate of drug-likeness (QED) is 0.526. The molecule has 8 nitrogen and oxygen atoms in total. The van der Waals surface area contributed by atoms with Gasteiger partial charge in [-0.25, -0.2) is 13.9 Å². The Balaban J connectivity index is 1.41. The van der Waals surface area contributed by atoms with Gasteiger partial charge in [0, 0.05) is 30.9 Å². The maximum Gasteiger partial charge on any atom is 0.266 e. The van der Waals surface area contributed by atoms with E-state index in [2.05, 4.69) is 20.2 Å². The molecule has 0 amide bonds. The summed E-state index contributed by atoms with van der Waals surface area (Å²) in [7, 11) is 1.60. The molecule has 148 valence electrons. The van der Waals surface area contributed by atoms with E-state index in [0.29, 0.717) is 18.2 Å². The van der Waals surface area contributed by atoms with Crippen molar-refractivity contribution in [3.8, 4) is 17.1 Å². The summed E-state index contributed by atoms with van der Waals surface area (Å²) in [5, 5.41) is 8.36. The zero-order valence-corrected chi connectivity index (χ0v) is 16.0. The van der Waals surface area contributed by atoms with Crippen molar-refractivity contribution in [1.82, 2.24) is 24.7 Å². The van der Waals surface area contributed by atoms with Gasteiger partial charge in [0.15, 0.2) is 5.82 Å². The maximum absolute atomic E-state index is 15.7. The van der Waals surface area contributed by atoms with Gasteiger partial charge < -0.3 is 14.2 Å². The lowest BCUT2D eigenvalue weighted by Gasteiger charge is -2.19. The Morgan fingerprint density at radius 1 is 1.24 bits per heavy atom. The molecule has 0 spiro atoms. The number of anilines is 1. The molecule has 9 heteroatoms. The van der Waals surface area contributed by atoms with Crippen LogP contribution in [0.3, 0.4) is 0 Å². The van der Waals surface area contributed by atoms with Crippen molar-refractivity contribution in [2.24, 2.45) is 0 Å². The van der Waals surface area contributed by atoms with Crippen LogP contribution in [-0.4, -0.2) is 44.9 Å². The molecule has 0 bridgehead atoms. The highest BCUT2D eigenvalue weighted by Crippen LogP contribution is 2.38. The minimum absolute atomic E-state index is 0.0116. The van der Waals surface area contributed by atoms with Gasteiger partial charge in [-0.1, -0.05) is 5.16 Å². The van der Waals surface area contributed by atoms with E-state index in [9.17, 15) is 0 Å². The summed E-state index contributed by atoms with van der Waals surface area (Å²) in [5.41, 5.74) is 0.728. The molecule has 4 aromatic rings. The first-order valence-electron chi connectivity index (χ1n) is 9.29. The Morgan fingerprint density at radius 3 is 2.86 bits per heavy atom. The summed E-state index contributed by atoms with van der Waals surface area (Å²) in [6.07, 6.45) is 3.69. The van der Waals surface area contributed by atoms with Crippen molar-refractivity contribution < 1.29 is 13.7 Å². The van der Waals surface area contributed by atoms with Crippen LogP contribution in [0.25, 0.3) is 16.9 Å². The van der Waals surface area contributed by atoms with Gasteiger partial charge in [-0.3, -0.25) is 0 Å². The average molecular weight is 394 g/mol. The molecule has 1 saturated heterocycles. The Morgan fingerprint density at radius 2 is 2.07 bits per heavy atom. The average Bonchev–Trinajstić information content (AvgIpc) is 3.45. The number of hydrogen-bond acceptors (Lipinski definition) is 7. The second-order valence-electron chi connectivity index (χ2n) is 7.15. The van der Waals surface area contributed by atoms with Crippen molar-refractivity contribution in [2.45, 2.75) is 19.0 Å². The summed E-state index contributed by atoms with van der Waals surface area (Å²) in [4.78, 5) is 10.7. The molecule has 3 aromatic heterocycles. The van der Waals surface area contributed by atoms with E-state index in [4.69, 9.17) is 9.26 Å². The normalized spacial score (nSPS) is 19.2. The van der Waals surface area contributed by atoms with E-state index in [1.807, 2.05) is 30.0 Å². The van der Waals surface area contributed by atoms with E-state index in [1.54, 1.807) is 36.2 Å². The number of methoxy groups -OCH3 is 1. The fourth-order valence-electron chi connectivity index (χ4n) is 3.67. The van der Waals surface area contributed by atoms with Gasteiger partial charge >= 0.3 is 0 Å². The Kier molecular flexibility index (Phi) is 3.97. The van der Waals surface area contributed by atoms with Crippen LogP contribution in [0.5, 0.6) is 5.75 Å². The highest BCUT2D eigenvalue weighted by Gasteiger charge is 2.46. The van der Waals surface area contributed by atoms with Gasteiger partial charge in [-0.15, -0.1) is 0 Å². The van der Waals surface area contributed by atoms with Crippen LogP contribution < -0.4 is 9.64 Å². The first-order chi connectivity index (χ1) is 14.1. The van der Waals surface area contributed by atoms with Gasteiger partial charge in [-0.2, -0.15) is 10.1 Å². The second kappa shape index (κ2) is 6.54. The van der Waals surface area contributed by atoms with Gasteiger partial charge in [0.2, 0.25) is 11.5 Å². The first kappa shape index (κ1) is 17.6. The molecular formula is C20H19FN6O2. The Bertz CT molecular complexity index is 1170. The third-order valence-electron chi connectivity index (χ3n) is 5.17. The minimum atomic E-state index is -1.73. The molecular weight excluding hydrogens is 375 g/mol. The van der Waals surface area contributed by atoms with Crippen LogP contribution >= 0.6 is 0 Å². The summed E-state index contributed by atoms with van der Waals surface area (Å²) >= 11 is 0. The number of benzene rings is 1. The fourth-order valence-corrected chi connectivity index (χ4v) is 3.67. The number of alkyl halides is 1. The van der Waals surface area contributed by atoms with Gasteiger partial charge in [0.25, 0.3) is 5.89 Å². The number of aromatic nitrogens is 5. The van der Waals surface area contributed by atoms with Crippen molar-refractivity contribution in [3.05, 3.63) is 54.3 Å². The zero-order chi connectivity index (χ0) is 20.0. The third kappa shape index (κ3) is 2.98. The fraction of sp³-hybridized carbons (Fsp3) is 0.300. The van der Waals surface area contributed by atoms with E-state index in [0.717, 1.165) is 22.5 Å². The smallest absolute Gasteiger partial charge is 0.266 e. The van der Waals surface area contributed by atoms with Crippen LogP contribution in [-0.2, 0) is 5.67 Å². The first-order valence-corrected chi connectivity index (χ1v) is 9.29. The Hall–Kier alpha value is -3.49. The highest BCUT2D eigenvalue weighted by atomic mass is 19.1. The standard InChI is InChI=1S/C20H19FN6O2/c1-13-11-16-18(22-8-10-27(16)24-13)26-9-7-20(21,12-26)19-23-17(25-29-19)14-3-5-15(28-2)6-4-14/h3-6,8,10-11H,7,9,12H2,1-2H3. The molecule has 1 aliphatic heterocycles. The molecule has 0 N–H and O–H groups in total. The molecule has 0 saturated carbocycles. The summed E-state index contributed by atoms with van der Waals surface area (Å²) < 4.78 is 27.9. The largest absolute Gasteiger partial charge is 0.497 e. The number of nitrogens with zero attached hydrogens (tertiary/aromatic N) is 6. The maximum atomic E-state index is 15.7. The van der Waals surface area contributed by atoms with Crippen molar-refractivity contribution in [1.29, 1.82) is 0 Å². The van der Waals surface area contributed by atoms with Crippen molar-refractivity contribution in [3.63, 3.8) is 0 Å². The molecule has 5 rings (SSSR count). The zero-order valence-electron chi connectivity index (χ0n) is 16.0. The molecule has 4 heterocycles. The highest BCUT2D eigenvalue weighted by molar-refractivity contribution is 5.69. The molecule has 1 aromatic carbocycles. The van der Waals surface area contributed by atoms with Crippen molar-refractivity contribution >= 4 is 11.3 Å². The molecule has 1 aliphatic rings. The monoisotopic (exact) mass is 394 g/mol. The molecule has 0 aliphatic carbocycles. The lowest BCUT2D eigenvalue weighted by Crippen LogP contribution is -2.28. The van der Waals surface area contributed by atoms with E-state index >= 15 is 4.39 Å². The van der Waals surface area contributed by atoms with Crippen LogP contribution in [0.2, 0.25) is 0 Å². The topological polar surface area (TPSA) is 81.6 Å².